The first-order valence-corrected chi connectivity index (χ1v) is 17.1. The van der Waals surface area contributed by atoms with Gasteiger partial charge < -0.3 is 0 Å². The summed E-state index contributed by atoms with van der Waals surface area (Å²) in [5.41, 5.74) is 0. The largest absolute Gasteiger partial charge is 0.0654 e. The maximum atomic E-state index is 2.36. The maximum absolute atomic E-state index is 2.36. The summed E-state index contributed by atoms with van der Waals surface area (Å²) < 4.78 is 0. The molecule has 0 bridgehead atoms. The van der Waals surface area contributed by atoms with Crippen LogP contribution in [0.3, 0.4) is 0 Å². The van der Waals surface area contributed by atoms with Crippen molar-refractivity contribution in [1.82, 2.24) is 0 Å². The number of unbranched alkanes of at least 4 members (excludes halogenated alkanes) is 16. The zero-order chi connectivity index (χ0) is 21.5. The summed E-state index contributed by atoms with van der Waals surface area (Å²) in [4.78, 5) is 0. The minimum Gasteiger partial charge on any atom is -0.0654 e. The molecular weight excluding hydrogens is 364 g/mol. The van der Waals surface area contributed by atoms with Crippen molar-refractivity contribution in [1.29, 1.82) is 0 Å². The average Bonchev–Trinajstić information content (AvgIpc) is 2.73. The molecule has 0 aromatic carbocycles. The lowest BCUT2D eigenvalue weighted by Gasteiger charge is -2.33. The monoisotopic (exact) mass is 424 g/mol. The van der Waals surface area contributed by atoms with E-state index in [9.17, 15) is 0 Å². The highest BCUT2D eigenvalue weighted by molar-refractivity contribution is 6.79. The molecule has 0 amide bonds. The van der Waals surface area contributed by atoms with E-state index in [1.165, 1.54) is 103 Å². The van der Waals surface area contributed by atoms with Crippen LogP contribution in [0.1, 0.15) is 156 Å². The Kier molecular flexibility index (Phi) is 23.1. The van der Waals surface area contributed by atoms with Crippen LogP contribution in [0.5, 0.6) is 0 Å². The molecule has 0 radical (unpaired) electrons. The Bertz CT molecular complexity index is 267. The second-order valence-corrected chi connectivity index (χ2v) is 15.2. The highest BCUT2D eigenvalue weighted by atomic mass is 28.3. The Balaban J connectivity index is 4.54. The number of rotatable bonds is 24. The third kappa shape index (κ3) is 18.7. The van der Waals surface area contributed by atoms with Gasteiger partial charge in [0.2, 0.25) is 0 Å². The predicted octanol–water partition coefficient (Wildman–Crippen LogP) is 11.3. The Morgan fingerprint density at radius 3 is 0.759 bits per heavy atom. The van der Waals surface area contributed by atoms with Crippen molar-refractivity contribution in [2.45, 2.75) is 180 Å². The molecule has 0 saturated heterocycles. The summed E-state index contributed by atoms with van der Waals surface area (Å²) in [7, 11) is -1.03. The Labute approximate surface area is 188 Å². The van der Waals surface area contributed by atoms with E-state index in [4.69, 9.17) is 0 Å². The van der Waals surface area contributed by atoms with Gasteiger partial charge in [0.25, 0.3) is 0 Å². The fourth-order valence-electron chi connectivity index (χ4n) is 5.16. The molecule has 0 saturated carbocycles. The smallest absolute Gasteiger partial charge is 0.0535 e. The van der Waals surface area contributed by atoms with E-state index in [1.807, 2.05) is 0 Å². The molecule has 0 spiro atoms. The van der Waals surface area contributed by atoms with Gasteiger partial charge in [0.1, 0.15) is 0 Å². The third-order valence-corrected chi connectivity index (χ3v) is 12.9. The molecule has 0 N–H and O–H groups in total. The highest BCUT2D eigenvalue weighted by Crippen LogP contribution is 2.35. The fraction of sp³-hybridized carbons (Fsp3) is 1.00. The fourth-order valence-corrected chi connectivity index (χ4v) is 10.7. The number of hydrogen-bond acceptors (Lipinski definition) is 0. The van der Waals surface area contributed by atoms with E-state index < -0.39 is 8.07 Å². The molecule has 1 heteroatoms. The SMILES string of the molecule is CCCCCCCCCC[Si](CCCCCC)(CCCCCC)CCCCCC. The van der Waals surface area contributed by atoms with Crippen molar-refractivity contribution in [3.63, 3.8) is 0 Å². The molecule has 29 heavy (non-hydrogen) atoms. The zero-order valence-electron chi connectivity index (χ0n) is 21.5. The van der Waals surface area contributed by atoms with Crippen LogP contribution in [0.2, 0.25) is 24.2 Å². The van der Waals surface area contributed by atoms with Gasteiger partial charge >= 0.3 is 0 Å². The van der Waals surface area contributed by atoms with Gasteiger partial charge in [-0.2, -0.15) is 0 Å². The van der Waals surface area contributed by atoms with E-state index in [0.717, 1.165) is 0 Å². The quantitative estimate of drug-likeness (QED) is 0.107. The minimum absolute atomic E-state index is 1.03. The van der Waals surface area contributed by atoms with Crippen molar-refractivity contribution < 1.29 is 0 Å². The van der Waals surface area contributed by atoms with Gasteiger partial charge in [-0.25, -0.2) is 0 Å². The Morgan fingerprint density at radius 2 is 0.483 bits per heavy atom. The molecular formula is C28H60Si. The van der Waals surface area contributed by atoms with Gasteiger partial charge in [-0.3, -0.25) is 0 Å². The van der Waals surface area contributed by atoms with Gasteiger partial charge in [-0.1, -0.05) is 180 Å². The molecule has 0 aromatic rings. The van der Waals surface area contributed by atoms with Gasteiger partial charge in [-0.15, -0.1) is 0 Å². The first kappa shape index (κ1) is 29.2. The van der Waals surface area contributed by atoms with Crippen LogP contribution in [0.4, 0.5) is 0 Å². The lowest BCUT2D eigenvalue weighted by Crippen LogP contribution is -2.34. The maximum Gasteiger partial charge on any atom is 0.0535 e. The lowest BCUT2D eigenvalue weighted by molar-refractivity contribution is 0.581. The van der Waals surface area contributed by atoms with Gasteiger partial charge in [0.15, 0.2) is 0 Å². The Morgan fingerprint density at radius 1 is 0.276 bits per heavy atom. The van der Waals surface area contributed by atoms with E-state index >= 15 is 0 Å². The van der Waals surface area contributed by atoms with E-state index in [1.54, 1.807) is 49.9 Å². The molecule has 176 valence electrons. The molecule has 0 aromatic heterocycles. The van der Waals surface area contributed by atoms with Crippen LogP contribution < -0.4 is 0 Å². The minimum atomic E-state index is -1.03. The summed E-state index contributed by atoms with van der Waals surface area (Å²) in [6.45, 7) is 9.41. The first-order valence-electron chi connectivity index (χ1n) is 14.2. The molecule has 0 aliphatic rings. The second-order valence-electron chi connectivity index (χ2n) is 10.2. The van der Waals surface area contributed by atoms with Crippen molar-refractivity contribution in [3.05, 3.63) is 0 Å². The van der Waals surface area contributed by atoms with Crippen molar-refractivity contribution in [2.24, 2.45) is 0 Å². The van der Waals surface area contributed by atoms with Gasteiger partial charge in [0.05, 0.1) is 8.07 Å². The topological polar surface area (TPSA) is 0 Å². The summed E-state index contributed by atoms with van der Waals surface area (Å²) in [5, 5.41) is 0. The molecule has 0 atom stereocenters. The van der Waals surface area contributed by atoms with E-state index in [-0.39, 0.29) is 0 Å². The average molecular weight is 425 g/mol. The van der Waals surface area contributed by atoms with Crippen molar-refractivity contribution >= 4 is 8.07 Å². The molecule has 0 nitrogen and oxygen atoms in total. The standard InChI is InChI=1S/C28H60Si/c1-5-9-13-17-18-19-20-24-28-29(25-21-14-10-6-2,26-22-15-11-7-3)27-23-16-12-8-4/h5-28H2,1-4H3. The molecule has 0 aliphatic carbocycles. The summed E-state index contributed by atoms with van der Waals surface area (Å²) in [6, 6.07) is 6.68. The van der Waals surface area contributed by atoms with Gasteiger partial charge in [0, 0.05) is 0 Å². The van der Waals surface area contributed by atoms with Crippen molar-refractivity contribution in [2.75, 3.05) is 0 Å². The summed E-state index contributed by atoms with van der Waals surface area (Å²) >= 11 is 0. The Hall–Kier alpha value is 0.217. The second kappa shape index (κ2) is 22.9. The summed E-state index contributed by atoms with van der Waals surface area (Å²) in [6.07, 6.45) is 29.6. The van der Waals surface area contributed by atoms with Crippen LogP contribution in [-0.4, -0.2) is 8.07 Å². The number of hydrogen-bond donors (Lipinski definition) is 0. The van der Waals surface area contributed by atoms with E-state index in [2.05, 4.69) is 27.7 Å². The zero-order valence-corrected chi connectivity index (χ0v) is 22.5. The van der Waals surface area contributed by atoms with E-state index in [0.29, 0.717) is 0 Å². The highest BCUT2D eigenvalue weighted by Gasteiger charge is 2.30. The molecule has 0 aliphatic heterocycles. The molecule has 0 rings (SSSR count). The third-order valence-electron chi connectivity index (χ3n) is 7.24. The van der Waals surface area contributed by atoms with Crippen LogP contribution in [0.25, 0.3) is 0 Å². The molecule has 0 unspecified atom stereocenters. The molecule has 0 fully saturated rings. The normalized spacial score (nSPS) is 12.0. The van der Waals surface area contributed by atoms with Crippen molar-refractivity contribution in [3.8, 4) is 0 Å². The summed E-state index contributed by atoms with van der Waals surface area (Å²) in [5.74, 6) is 0. The first-order chi connectivity index (χ1) is 14.2. The molecule has 0 heterocycles. The van der Waals surface area contributed by atoms with Crippen LogP contribution in [-0.2, 0) is 0 Å². The lowest BCUT2D eigenvalue weighted by atomic mass is 10.1. The predicted molar refractivity (Wildman–Crippen MR) is 140 cm³/mol. The van der Waals surface area contributed by atoms with Gasteiger partial charge in [-0.05, 0) is 0 Å². The van der Waals surface area contributed by atoms with Crippen LogP contribution >= 0.6 is 0 Å². The van der Waals surface area contributed by atoms with Crippen LogP contribution in [0, 0.1) is 0 Å². The van der Waals surface area contributed by atoms with Crippen LogP contribution in [0.15, 0.2) is 0 Å².